The van der Waals surface area contributed by atoms with Gasteiger partial charge in [0.25, 0.3) is 0 Å². The summed E-state index contributed by atoms with van der Waals surface area (Å²) in [6.07, 6.45) is 33.8. The van der Waals surface area contributed by atoms with E-state index in [1.807, 2.05) is 0 Å². The summed E-state index contributed by atoms with van der Waals surface area (Å²) in [4.78, 5) is 0. The van der Waals surface area contributed by atoms with Crippen molar-refractivity contribution < 1.29 is 0 Å². The van der Waals surface area contributed by atoms with Gasteiger partial charge >= 0.3 is 0 Å². The molecule has 0 aliphatic heterocycles. The molecule has 4 atom stereocenters. The van der Waals surface area contributed by atoms with Crippen molar-refractivity contribution >= 4 is 0 Å². The predicted octanol–water partition coefficient (Wildman–Crippen LogP) is 22.0. The highest BCUT2D eigenvalue weighted by Gasteiger charge is 2.43. The zero-order chi connectivity index (χ0) is 48.3. The van der Waals surface area contributed by atoms with Gasteiger partial charge in [-0.05, 0) is 188 Å². The Bertz CT molecular complexity index is 1020. The zero-order valence-electron chi connectivity index (χ0n) is 48.3. The molecule has 4 fully saturated rings. The van der Waals surface area contributed by atoms with E-state index in [2.05, 4.69) is 152 Å². The maximum absolute atomic E-state index is 2.53. The summed E-state index contributed by atoms with van der Waals surface area (Å²) in [5, 5.41) is 0. The van der Waals surface area contributed by atoms with Crippen molar-refractivity contribution in [2.75, 3.05) is 0 Å². The topological polar surface area (TPSA) is 0 Å². The van der Waals surface area contributed by atoms with Crippen LogP contribution in [0.15, 0.2) is 0 Å². The fourth-order valence-electron chi connectivity index (χ4n) is 14.8. The van der Waals surface area contributed by atoms with E-state index in [-0.39, 0.29) is 0 Å². The van der Waals surface area contributed by atoms with Crippen molar-refractivity contribution in [1.29, 1.82) is 0 Å². The highest BCUT2D eigenvalue weighted by Crippen LogP contribution is 2.54. The van der Waals surface area contributed by atoms with Gasteiger partial charge in [0.2, 0.25) is 0 Å². The van der Waals surface area contributed by atoms with Crippen molar-refractivity contribution in [3.05, 3.63) is 0 Å². The molecule has 4 aliphatic carbocycles. The third-order valence-corrected chi connectivity index (χ3v) is 17.3. The van der Waals surface area contributed by atoms with E-state index in [0.29, 0.717) is 21.7 Å². The van der Waals surface area contributed by atoms with Crippen LogP contribution in [0, 0.1) is 105 Å². The molecule has 4 saturated carbocycles. The van der Waals surface area contributed by atoms with Crippen LogP contribution < -0.4 is 0 Å². The summed E-state index contributed by atoms with van der Waals surface area (Å²) in [5.41, 5.74) is 2.28. The van der Waals surface area contributed by atoms with Gasteiger partial charge in [0.05, 0.1) is 0 Å². The Morgan fingerprint density at radius 1 is 0.333 bits per heavy atom. The summed E-state index contributed by atoms with van der Waals surface area (Å²) in [5.74, 6) is 13.1. The third kappa shape index (κ3) is 27.0. The van der Waals surface area contributed by atoms with Crippen LogP contribution in [0.25, 0.3) is 0 Å². The van der Waals surface area contributed by atoms with Gasteiger partial charge in [-0.1, -0.05) is 217 Å². The highest BCUT2D eigenvalue weighted by atomic mass is 14.5. The van der Waals surface area contributed by atoms with Crippen LogP contribution >= 0.6 is 0 Å². The van der Waals surface area contributed by atoms with E-state index in [9.17, 15) is 0 Å². The molecule has 0 aromatic carbocycles. The molecule has 378 valence electrons. The fraction of sp³-hybridized carbons (Fsp3) is 1.00. The van der Waals surface area contributed by atoms with Crippen LogP contribution in [0.5, 0.6) is 0 Å². The molecule has 0 heterocycles. The molecule has 0 heteroatoms. The lowest BCUT2D eigenvalue weighted by molar-refractivity contribution is 0.0210. The van der Waals surface area contributed by atoms with Gasteiger partial charge in [0, 0.05) is 0 Å². The van der Waals surface area contributed by atoms with Crippen LogP contribution in [-0.2, 0) is 0 Å². The molecule has 0 nitrogen and oxygen atoms in total. The van der Waals surface area contributed by atoms with Crippen molar-refractivity contribution in [2.45, 2.75) is 300 Å². The molecule has 63 heavy (non-hydrogen) atoms. The number of unbranched alkanes of at least 4 members (excludes halogenated alkanes) is 3. The normalized spacial score (nSPS) is 31.0. The second kappa shape index (κ2) is 29.1. The van der Waals surface area contributed by atoms with E-state index < -0.39 is 0 Å². The molecular formula is C63H126. The summed E-state index contributed by atoms with van der Waals surface area (Å²) in [6, 6.07) is 0. The lowest BCUT2D eigenvalue weighted by atomic mass is 9.57. The van der Waals surface area contributed by atoms with Crippen LogP contribution in [0.2, 0.25) is 0 Å². The van der Waals surface area contributed by atoms with Gasteiger partial charge in [-0.25, -0.2) is 0 Å². The quantitative estimate of drug-likeness (QED) is 0.128. The third-order valence-electron chi connectivity index (χ3n) is 17.3. The zero-order valence-corrected chi connectivity index (χ0v) is 48.3. The number of hydrogen-bond donors (Lipinski definition) is 0. The van der Waals surface area contributed by atoms with Crippen LogP contribution in [0.4, 0.5) is 0 Å². The van der Waals surface area contributed by atoms with E-state index in [4.69, 9.17) is 0 Å². The minimum Gasteiger partial charge on any atom is -0.0628 e. The first-order chi connectivity index (χ1) is 29.0. The standard InChI is InChI=1S/C19H36.2C16H32.C12H26/c1-14(2)18-9-5-16(6-10-18)13-17-7-11-19(12-8-17)15(3)4;2*1-12(2)8-16(7)10-14(13(3)4)9-15(5,6)11-16;1-11(2)9-7-5-6-8-10-12(3)4/h14-19H,5-13H2,1-4H3;2*12-14H,8-11H2,1-7H3;11-12H,5-10H2,1-4H3. The Hall–Kier alpha value is 0. The summed E-state index contributed by atoms with van der Waals surface area (Å²) in [6.45, 7) is 53.0. The molecule has 0 bridgehead atoms. The van der Waals surface area contributed by atoms with E-state index >= 15 is 0 Å². The molecule has 0 aromatic rings. The maximum atomic E-state index is 2.53. The molecule has 0 spiro atoms. The first kappa shape index (κ1) is 61.0. The Morgan fingerprint density at radius 2 is 0.619 bits per heavy atom. The van der Waals surface area contributed by atoms with E-state index in [0.717, 1.165) is 82.9 Å². The minimum atomic E-state index is 0.552. The van der Waals surface area contributed by atoms with Crippen LogP contribution in [-0.4, -0.2) is 0 Å². The monoisotopic (exact) mass is 883 g/mol. The summed E-state index contributed by atoms with van der Waals surface area (Å²) >= 11 is 0. The first-order valence-corrected chi connectivity index (χ1v) is 29.0. The Labute approximate surface area is 402 Å². The van der Waals surface area contributed by atoms with E-state index in [1.54, 1.807) is 6.42 Å². The van der Waals surface area contributed by atoms with Gasteiger partial charge in [-0.3, -0.25) is 0 Å². The molecule has 0 saturated heterocycles. The van der Waals surface area contributed by atoms with E-state index in [1.165, 1.54) is 141 Å². The summed E-state index contributed by atoms with van der Waals surface area (Å²) in [7, 11) is 0. The fourth-order valence-corrected chi connectivity index (χ4v) is 14.8. The van der Waals surface area contributed by atoms with Crippen LogP contribution in [0.1, 0.15) is 300 Å². The Kier molecular flexibility index (Phi) is 28.2. The van der Waals surface area contributed by atoms with Crippen molar-refractivity contribution in [2.24, 2.45) is 105 Å². The first-order valence-electron chi connectivity index (χ1n) is 29.0. The lowest BCUT2D eigenvalue weighted by Crippen LogP contribution is -2.38. The largest absolute Gasteiger partial charge is 0.0628 e. The Morgan fingerprint density at radius 3 is 0.857 bits per heavy atom. The van der Waals surface area contributed by atoms with Gasteiger partial charge in [0.15, 0.2) is 0 Å². The van der Waals surface area contributed by atoms with Gasteiger partial charge in [0.1, 0.15) is 0 Å². The molecule has 4 unspecified atom stereocenters. The SMILES string of the molecule is CC(C)C1CCC(CC2CCC(C(C)C)CC2)CC1.CC(C)CC1(C)CC(C(C)C)CC(C)(C)C1.CC(C)CC1(C)CC(C(C)C)CC(C)(C)C1.CC(C)CCCCCCC(C)C. The average molecular weight is 884 g/mol. The molecule has 0 radical (unpaired) electrons. The molecule has 4 rings (SSSR count). The molecular weight excluding hydrogens is 757 g/mol. The second-order valence-corrected chi connectivity index (χ2v) is 29.4. The van der Waals surface area contributed by atoms with Crippen molar-refractivity contribution in [3.63, 3.8) is 0 Å². The molecule has 0 aromatic heterocycles. The number of hydrogen-bond acceptors (Lipinski definition) is 0. The van der Waals surface area contributed by atoms with Crippen molar-refractivity contribution in [1.82, 2.24) is 0 Å². The van der Waals surface area contributed by atoms with Crippen molar-refractivity contribution in [3.8, 4) is 0 Å². The van der Waals surface area contributed by atoms with Gasteiger partial charge in [-0.15, -0.1) is 0 Å². The van der Waals surface area contributed by atoms with Gasteiger partial charge < -0.3 is 0 Å². The minimum absolute atomic E-state index is 0.552. The smallest absolute Gasteiger partial charge is 0.0316 e. The molecule has 4 aliphatic rings. The second-order valence-electron chi connectivity index (χ2n) is 29.4. The summed E-state index contributed by atoms with van der Waals surface area (Å²) < 4.78 is 0. The molecule has 0 amide bonds. The van der Waals surface area contributed by atoms with Gasteiger partial charge in [-0.2, -0.15) is 0 Å². The molecule has 0 N–H and O–H groups in total. The number of rotatable bonds is 17. The average Bonchev–Trinajstić information content (AvgIpc) is 3.11. The maximum Gasteiger partial charge on any atom is -0.0316 e. The lowest BCUT2D eigenvalue weighted by Gasteiger charge is -2.49. The Balaban J connectivity index is 0.000000426. The predicted molar refractivity (Wildman–Crippen MR) is 290 cm³/mol. The highest BCUT2D eigenvalue weighted by molar-refractivity contribution is 4.94. The van der Waals surface area contributed by atoms with Crippen LogP contribution in [0.3, 0.4) is 0 Å².